The predicted octanol–water partition coefficient (Wildman–Crippen LogP) is 2.00. The number of rotatable bonds is 3. The van der Waals surface area contributed by atoms with Gasteiger partial charge in [-0.1, -0.05) is 17.7 Å². The van der Waals surface area contributed by atoms with Crippen LogP contribution in [-0.4, -0.2) is 37.5 Å². The molecule has 1 aromatic rings. The highest BCUT2D eigenvalue weighted by molar-refractivity contribution is 7.89. The topological polar surface area (TPSA) is 57.6 Å². The van der Waals surface area contributed by atoms with Gasteiger partial charge in [-0.05, 0) is 50.7 Å². The Balaban J connectivity index is 2.32. The Morgan fingerprint density at radius 3 is 2.10 bits per heavy atom. The van der Waals surface area contributed by atoms with Crippen LogP contribution in [0.4, 0.5) is 0 Å². The lowest BCUT2D eigenvalue weighted by atomic mass is 10.00. The fourth-order valence-electron chi connectivity index (χ4n) is 3.03. The molecular formula is C15H23NO3S. The SMILES string of the molecule is Cc1cc(C)c(S(=O)(=O)N2CCC(CO)CC2)c(C)c1. The summed E-state index contributed by atoms with van der Waals surface area (Å²) in [6.07, 6.45) is 1.47. The van der Waals surface area contributed by atoms with Crippen LogP contribution in [0.1, 0.15) is 29.5 Å². The summed E-state index contributed by atoms with van der Waals surface area (Å²) in [4.78, 5) is 0.450. The maximum Gasteiger partial charge on any atom is 0.243 e. The number of aliphatic hydroxyl groups is 1. The van der Waals surface area contributed by atoms with Crippen molar-refractivity contribution in [3.05, 3.63) is 28.8 Å². The number of benzene rings is 1. The van der Waals surface area contributed by atoms with Gasteiger partial charge in [-0.25, -0.2) is 8.42 Å². The van der Waals surface area contributed by atoms with Crippen molar-refractivity contribution >= 4 is 10.0 Å². The number of nitrogens with zero attached hydrogens (tertiary/aromatic N) is 1. The number of aryl methyl sites for hydroxylation is 3. The van der Waals surface area contributed by atoms with Crippen LogP contribution < -0.4 is 0 Å². The van der Waals surface area contributed by atoms with Gasteiger partial charge in [0.25, 0.3) is 0 Å². The van der Waals surface area contributed by atoms with E-state index in [4.69, 9.17) is 5.11 Å². The van der Waals surface area contributed by atoms with Crippen LogP contribution in [0.5, 0.6) is 0 Å². The van der Waals surface area contributed by atoms with Gasteiger partial charge in [0.05, 0.1) is 4.90 Å². The minimum atomic E-state index is -3.42. The van der Waals surface area contributed by atoms with Crippen LogP contribution in [-0.2, 0) is 10.0 Å². The van der Waals surface area contributed by atoms with E-state index >= 15 is 0 Å². The highest BCUT2D eigenvalue weighted by Gasteiger charge is 2.31. The molecular weight excluding hydrogens is 274 g/mol. The zero-order valence-corrected chi connectivity index (χ0v) is 13.2. The van der Waals surface area contributed by atoms with E-state index in [-0.39, 0.29) is 12.5 Å². The summed E-state index contributed by atoms with van der Waals surface area (Å²) >= 11 is 0. The number of sulfonamides is 1. The van der Waals surface area contributed by atoms with Gasteiger partial charge >= 0.3 is 0 Å². The molecule has 112 valence electrons. The number of hydrogen-bond acceptors (Lipinski definition) is 3. The average molecular weight is 297 g/mol. The third-order valence-electron chi connectivity index (χ3n) is 4.03. The molecule has 2 rings (SSSR count). The molecule has 1 aliphatic rings. The lowest BCUT2D eigenvalue weighted by Gasteiger charge is -2.31. The Morgan fingerprint density at radius 2 is 1.65 bits per heavy atom. The molecule has 0 unspecified atom stereocenters. The molecule has 0 radical (unpaired) electrons. The Morgan fingerprint density at radius 1 is 1.15 bits per heavy atom. The van der Waals surface area contributed by atoms with E-state index in [1.807, 2.05) is 32.9 Å². The monoisotopic (exact) mass is 297 g/mol. The van der Waals surface area contributed by atoms with E-state index < -0.39 is 10.0 Å². The molecule has 20 heavy (non-hydrogen) atoms. The van der Waals surface area contributed by atoms with E-state index in [0.717, 1.165) is 29.5 Å². The fourth-order valence-corrected chi connectivity index (χ4v) is 4.92. The van der Waals surface area contributed by atoms with Gasteiger partial charge in [0.15, 0.2) is 0 Å². The van der Waals surface area contributed by atoms with E-state index in [9.17, 15) is 8.42 Å². The molecule has 1 aromatic carbocycles. The molecule has 0 saturated carbocycles. The van der Waals surface area contributed by atoms with Crippen molar-refractivity contribution in [3.8, 4) is 0 Å². The Hall–Kier alpha value is -0.910. The van der Waals surface area contributed by atoms with Gasteiger partial charge < -0.3 is 5.11 Å². The third kappa shape index (κ3) is 2.90. The smallest absolute Gasteiger partial charge is 0.243 e. The summed E-state index contributed by atoms with van der Waals surface area (Å²) in [5.41, 5.74) is 2.71. The van der Waals surface area contributed by atoms with Crippen LogP contribution in [0.25, 0.3) is 0 Å². The maximum atomic E-state index is 12.8. The summed E-state index contributed by atoms with van der Waals surface area (Å²) in [5.74, 6) is 0.238. The molecule has 1 aliphatic heterocycles. The predicted molar refractivity (Wildman–Crippen MR) is 79.2 cm³/mol. The van der Waals surface area contributed by atoms with Gasteiger partial charge in [-0.15, -0.1) is 0 Å². The molecule has 1 saturated heterocycles. The number of aliphatic hydroxyl groups excluding tert-OH is 1. The Kier molecular flexibility index (Phi) is 4.52. The molecule has 1 heterocycles. The minimum Gasteiger partial charge on any atom is -0.396 e. The van der Waals surface area contributed by atoms with E-state index in [2.05, 4.69) is 0 Å². The molecule has 0 aromatic heterocycles. The molecule has 5 heteroatoms. The van der Waals surface area contributed by atoms with Crippen LogP contribution in [0.3, 0.4) is 0 Å². The molecule has 4 nitrogen and oxygen atoms in total. The van der Waals surface area contributed by atoms with Crippen molar-refractivity contribution in [1.82, 2.24) is 4.31 Å². The second-order valence-electron chi connectivity index (χ2n) is 5.76. The second kappa shape index (κ2) is 5.84. The van der Waals surface area contributed by atoms with Gasteiger partial charge in [0.2, 0.25) is 10.0 Å². The molecule has 1 N–H and O–H groups in total. The first kappa shape index (κ1) is 15.5. The summed E-state index contributed by atoms with van der Waals surface area (Å²) in [7, 11) is -3.42. The Labute approximate surface area is 121 Å². The van der Waals surface area contributed by atoms with E-state index in [1.165, 1.54) is 0 Å². The highest BCUT2D eigenvalue weighted by atomic mass is 32.2. The summed E-state index contributed by atoms with van der Waals surface area (Å²) in [6.45, 7) is 6.83. The molecule has 1 fully saturated rings. The molecule has 0 spiro atoms. The first-order valence-electron chi connectivity index (χ1n) is 7.05. The van der Waals surface area contributed by atoms with E-state index in [0.29, 0.717) is 18.0 Å². The summed E-state index contributed by atoms with van der Waals surface area (Å²) < 4.78 is 27.2. The lowest BCUT2D eigenvalue weighted by molar-refractivity contribution is 0.170. The molecule has 0 amide bonds. The second-order valence-corrected chi connectivity index (χ2v) is 7.63. The van der Waals surface area contributed by atoms with Crippen molar-refractivity contribution in [2.75, 3.05) is 19.7 Å². The molecule has 0 bridgehead atoms. The maximum absolute atomic E-state index is 12.8. The summed E-state index contributed by atoms with van der Waals surface area (Å²) in [5, 5.41) is 9.15. The van der Waals surface area contributed by atoms with Gasteiger partial charge in [0, 0.05) is 19.7 Å². The van der Waals surface area contributed by atoms with Crippen molar-refractivity contribution < 1.29 is 13.5 Å². The van der Waals surface area contributed by atoms with Crippen molar-refractivity contribution in [2.24, 2.45) is 5.92 Å². The normalized spacial score (nSPS) is 18.4. The van der Waals surface area contributed by atoms with Crippen molar-refractivity contribution in [3.63, 3.8) is 0 Å². The number of piperidine rings is 1. The zero-order chi connectivity index (χ0) is 14.9. The highest BCUT2D eigenvalue weighted by Crippen LogP contribution is 2.28. The quantitative estimate of drug-likeness (QED) is 0.928. The first-order chi connectivity index (χ1) is 9.36. The fraction of sp³-hybridized carbons (Fsp3) is 0.600. The van der Waals surface area contributed by atoms with Crippen LogP contribution in [0.15, 0.2) is 17.0 Å². The Bertz CT molecular complexity index is 564. The average Bonchev–Trinajstić information content (AvgIpc) is 2.37. The van der Waals surface area contributed by atoms with Gasteiger partial charge in [0.1, 0.15) is 0 Å². The summed E-state index contributed by atoms with van der Waals surface area (Å²) in [6, 6.07) is 3.83. The van der Waals surface area contributed by atoms with Crippen LogP contribution in [0, 0.1) is 26.7 Å². The first-order valence-corrected chi connectivity index (χ1v) is 8.49. The van der Waals surface area contributed by atoms with Crippen molar-refractivity contribution in [2.45, 2.75) is 38.5 Å². The van der Waals surface area contributed by atoms with Gasteiger partial charge in [-0.2, -0.15) is 4.31 Å². The number of hydrogen-bond donors (Lipinski definition) is 1. The standard InChI is InChI=1S/C15H23NO3S/c1-11-8-12(2)15(13(3)9-11)20(18,19)16-6-4-14(10-17)5-7-16/h8-9,14,17H,4-7,10H2,1-3H3. The molecule has 0 aliphatic carbocycles. The largest absolute Gasteiger partial charge is 0.396 e. The zero-order valence-electron chi connectivity index (χ0n) is 12.4. The minimum absolute atomic E-state index is 0.149. The lowest BCUT2D eigenvalue weighted by Crippen LogP contribution is -2.39. The van der Waals surface area contributed by atoms with Crippen molar-refractivity contribution in [1.29, 1.82) is 0 Å². The third-order valence-corrected chi connectivity index (χ3v) is 6.24. The van der Waals surface area contributed by atoms with E-state index in [1.54, 1.807) is 4.31 Å². The molecule has 0 atom stereocenters. The van der Waals surface area contributed by atoms with Crippen LogP contribution in [0.2, 0.25) is 0 Å². The van der Waals surface area contributed by atoms with Gasteiger partial charge in [-0.3, -0.25) is 0 Å². The van der Waals surface area contributed by atoms with Crippen LogP contribution >= 0.6 is 0 Å².